The number of rotatable bonds is 3. The molecule has 0 fully saturated rings. The quantitative estimate of drug-likeness (QED) is 0.914. The zero-order valence-electron chi connectivity index (χ0n) is 11.8. The largest absolute Gasteiger partial charge is 0.464 e. The average Bonchev–Trinajstić information content (AvgIpc) is 2.95. The van der Waals surface area contributed by atoms with E-state index in [0.29, 0.717) is 11.6 Å². The second kappa shape index (κ2) is 5.09. The summed E-state index contributed by atoms with van der Waals surface area (Å²) in [5.41, 5.74) is 8.08. The number of nitrogens with two attached hydrogens (primary N) is 1. The third-order valence-corrected chi connectivity index (χ3v) is 3.90. The summed E-state index contributed by atoms with van der Waals surface area (Å²) in [4.78, 5) is 13.6. The summed E-state index contributed by atoms with van der Waals surface area (Å²) >= 11 is 6.32. The van der Waals surface area contributed by atoms with E-state index in [4.69, 9.17) is 21.8 Å². The van der Waals surface area contributed by atoms with Crippen LogP contribution in [0.1, 0.15) is 23.1 Å². The van der Waals surface area contributed by atoms with Gasteiger partial charge < -0.3 is 20.4 Å². The van der Waals surface area contributed by atoms with Gasteiger partial charge >= 0.3 is 0 Å². The van der Waals surface area contributed by atoms with Crippen LogP contribution in [0.3, 0.4) is 0 Å². The molecule has 3 N–H and O–H groups in total. The van der Waals surface area contributed by atoms with Gasteiger partial charge in [0.15, 0.2) is 0 Å². The molecule has 0 aliphatic carbocycles. The molecule has 1 aliphatic rings. The predicted molar refractivity (Wildman–Crippen MR) is 82.6 cm³/mol. The zero-order chi connectivity index (χ0) is 15.1. The van der Waals surface area contributed by atoms with Crippen LogP contribution in [-0.4, -0.2) is 13.0 Å². The van der Waals surface area contributed by atoms with Crippen molar-refractivity contribution >= 4 is 28.9 Å². The first kappa shape index (κ1) is 14.0. The summed E-state index contributed by atoms with van der Waals surface area (Å²) in [6.07, 6.45) is 0. The van der Waals surface area contributed by atoms with Gasteiger partial charge in [0, 0.05) is 18.3 Å². The van der Waals surface area contributed by atoms with E-state index >= 15 is 0 Å². The number of hydrogen-bond donors (Lipinski definition) is 2. The van der Waals surface area contributed by atoms with Crippen LogP contribution in [0.5, 0.6) is 0 Å². The van der Waals surface area contributed by atoms with Gasteiger partial charge in [-0.25, -0.2) is 0 Å². The van der Waals surface area contributed by atoms with Crippen LogP contribution < -0.4 is 16.0 Å². The van der Waals surface area contributed by atoms with Crippen molar-refractivity contribution in [2.45, 2.75) is 19.5 Å². The van der Waals surface area contributed by atoms with Gasteiger partial charge in [0.05, 0.1) is 17.3 Å². The fourth-order valence-electron chi connectivity index (χ4n) is 2.48. The van der Waals surface area contributed by atoms with Crippen molar-refractivity contribution in [3.63, 3.8) is 0 Å². The molecular formula is C15H16ClN3O2. The number of furan rings is 1. The number of carbonyl (C=O) groups is 1. The zero-order valence-corrected chi connectivity index (χ0v) is 12.6. The number of benzene rings is 1. The topological polar surface area (TPSA) is 71.5 Å². The van der Waals surface area contributed by atoms with Gasteiger partial charge in [-0.1, -0.05) is 11.6 Å². The minimum Gasteiger partial charge on any atom is -0.464 e. The van der Waals surface area contributed by atoms with Crippen LogP contribution in [0.25, 0.3) is 0 Å². The number of anilines is 2. The monoisotopic (exact) mass is 305 g/mol. The van der Waals surface area contributed by atoms with Gasteiger partial charge in [0.2, 0.25) is 5.91 Å². The van der Waals surface area contributed by atoms with Crippen LogP contribution in [0.2, 0.25) is 5.02 Å². The number of amides is 1. The lowest BCUT2D eigenvalue weighted by Gasteiger charge is -2.20. The Morgan fingerprint density at radius 3 is 2.86 bits per heavy atom. The molecule has 2 aromatic rings. The molecule has 5 nitrogen and oxygen atoms in total. The van der Waals surface area contributed by atoms with E-state index in [0.717, 1.165) is 28.5 Å². The highest BCUT2D eigenvalue weighted by atomic mass is 35.5. The Labute approximate surface area is 127 Å². The van der Waals surface area contributed by atoms with Gasteiger partial charge in [-0.05, 0) is 31.2 Å². The average molecular weight is 306 g/mol. The smallest absolute Gasteiger partial charge is 0.245 e. The standard InChI is InChI=1S/C15H16ClN3O2/c1-8-3-4-9(21-8)7-19(2)13-6-12-10(5-11(13)16)14(17)15(20)18-12/h3-6,14H,7,17H2,1-2H3,(H,18,20). The van der Waals surface area contributed by atoms with Crippen molar-refractivity contribution in [1.82, 2.24) is 0 Å². The first-order chi connectivity index (χ1) is 9.95. The minimum absolute atomic E-state index is 0.206. The molecular weight excluding hydrogens is 290 g/mol. The molecule has 1 amide bonds. The molecule has 1 aromatic heterocycles. The van der Waals surface area contributed by atoms with Crippen LogP contribution in [0, 0.1) is 6.92 Å². The molecule has 0 radical (unpaired) electrons. The second-order valence-electron chi connectivity index (χ2n) is 5.23. The molecule has 21 heavy (non-hydrogen) atoms. The fourth-order valence-corrected chi connectivity index (χ4v) is 2.79. The number of nitrogens with zero attached hydrogens (tertiary/aromatic N) is 1. The Hall–Kier alpha value is -1.98. The number of carbonyl (C=O) groups excluding carboxylic acids is 1. The van der Waals surface area contributed by atoms with Crippen molar-refractivity contribution in [3.05, 3.63) is 46.4 Å². The normalized spacial score (nSPS) is 16.8. The molecule has 0 spiro atoms. The lowest BCUT2D eigenvalue weighted by molar-refractivity contribution is -0.116. The first-order valence-electron chi connectivity index (χ1n) is 6.62. The molecule has 2 heterocycles. The molecule has 6 heteroatoms. The maximum absolute atomic E-state index is 11.6. The maximum Gasteiger partial charge on any atom is 0.245 e. The highest BCUT2D eigenvalue weighted by molar-refractivity contribution is 6.33. The number of aryl methyl sites for hydroxylation is 1. The molecule has 1 atom stereocenters. The molecule has 110 valence electrons. The Morgan fingerprint density at radius 1 is 1.43 bits per heavy atom. The molecule has 1 unspecified atom stereocenters. The SMILES string of the molecule is Cc1ccc(CN(C)c2cc3c(cc2Cl)C(N)C(=O)N3)o1. The Morgan fingerprint density at radius 2 is 2.19 bits per heavy atom. The Bertz CT molecular complexity index is 711. The van der Waals surface area contributed by atoms with E-state index in [2.05, 4.69) is 5.32 Å². The van der Waals surface area contributed by atoms with Crippen molar-refractivity contribution < 1.29 is 9.21 Å². The highest BCUT2D eigenvalue weighted by Crippen LogP contribution is 2.38. The van der Waals surface area contributed by atoms with E-state index in [9.17, 15) is 4.79 Å². The number of fused-ring (bicyclic) bond motifs is 1. The maximum atomic E-state index is 11.6. The van der Waals surface area contributed by atoms with Gasteiger partial charge in [-0.3, -0.25) is 4.79 Å². The van der Waals surface area contributed by atoms with Gasteiger partial charge in [0.25, 0.3) is 0 Å². The van der Waals surface area contributed by atoms with E-state index in [1.54, 1.807) is 6.07 Å². The number of halogens is 1. The molecule has 0 saturated carbocycles. The van der Waals surface area contributed by atoms with Crippen LogP contribution in [0.4, 0.5) is 11.4 Å². The summed E-state index contributed by atoms with van der Waals surface area (Å²) in [7, 11) is 1.92. The van der Waals surface area contributed by atoms with Gasteiger partial charge in [-0.2, -0.15) is 0 Å². The molecule has 0 saturated heterocycles. The summed E-state index contributed by atoms with van der Waals surface area (Å²) in [6, 6.07) is 6.80. The lowest BCUT2D eigenvalue weighted by Crippen LogP contribution is -2.19. The summed E-state index contributed by atoms with van der Waals surface area (Å²) in [6.45, 7) is 2.50. The highest BCUT2D eigenvalue weighted by Gasteiger charge is 2.28. The molecule has 0 bridgehead atoms. The predicted octanol–water partition coefficient (Wildman–Crippen LogP) is 2.83. The molecule has 1 aromatic carbocycles. The third kappa shape index (κ3) is 2.50. The third-order valence-electron chi connectivity index (χ3n) is 3.59. The fraction of sp³-hybridized carbons (Fsp3) is 0.267. The van der Waals surface area contributed by atoms with Crippen molar-refractivity contribution in [3.8, 4) is 0 Å². The summed E-state index contributed by atoms with van der Waals surface area (Å²) < 4.78 is 5.57. The molecule has 3 rings (SSSR count). The van der Waals surface area contributed by atoms with Gasteiger partial charge in [-0.15, -0.1) is 0 Å². The Kier molecular flexibility index (Phi) is 3.39. The number of nitrogens with one attached hydrogen (secondary N) is 1. The van der Waals surface area contributed by atoms with E-state index in [-0.39, 0.29) is 5.91 Å². The van der Waals surface area contributed by atoms with Crippen LogP contribution in [0.15, 0.2) is 28.7 Å². The molecule has 1 aliphatic heterocycles. The summed E-state index contributed by atoms with van der Waals surface area (Å²) in [5.74, 6) is 1.52. The summed E-state index contributed by atoms with van der Waals surface area (Å²) in [5, 5.41) is 3.33. The van der Waals surface area contributed by atoms with E-state index < -0.39 is 6.04 Å². The van der Waals surface area contributed by atoms with Crippen LogP contribution in [-0.2, 0) is 11.3 Å². The van der Waals surface area contributed by atoms with E-state index in [1.165, 1.54) is 0 Å². The van der Waals surface area contributed by atoms with Crippen molar-refractivity contribution in [2.75, 3.05) is 17.3 Å². The lowest BCUT2D eigenvalue weighted by atomic mass is 10.1. The number of hydrogen-bond acceptors (Lipinski definition) is 4. The Balaban J connectivity index is 1.89. The van der Waals surface area contributed by atoms with Crippen molar-refractivity contribution in [1.29, 1.82) is 0 Å². The first-order valence-corrected chi connectivity index (χ1v) is 7.00. The second-order valence-corrected chi connectivity index (χ2v) is 5.63. The van der Waals surface area contributed by atoms with Gasteiger partial charge in [0.1, 0.15) is 17.6 Å². The van der Waals surface area contributed by atoms with E-state index in [1.807, 2.05) is 37.1 Å². The minimum atomic E-state index is -0.649. The van der Waals surface area contributed by atoms with Crippen molar-refractivity contribution in [2.24, 2.45) is 5.73 Å². The van der Waals surface area contributed by atoms with Crippen LogP contribution >= 0.6 is 11.6 Å².